The van der Waals surface area contributed by atoms with Gasteiger partial charge < -0.3 is 0 Å². The highest BCUT2D eigenvalue weighted by molar-refractivity contribution is 7.79. The molecule has 0 unspecified atom stereocenters. The van der Waals surface area contributed by atoms with Crippen molar-refractivity contribution in [2.45, 2.75) is 6.42 Å². The van der Waals surface area contributed by atoms with Gasteiger partial charge in [-0.1, -0.05) is 12.2 Å². The molecule has 42 valence electrons. The van der Waals surface area contributed by atoms with Crippen LogP contribution in [0.1, 0.15) is 4.88 Å². The predicted molar refractivity (Wildman–Crippen MR) is 39.5 cm³/mol. The highest BCUT2D eigenvalue weighted by Gasteiger charge is 1.87. The SMILES string of the molecule is S=CCc1ccns1. The van der Waals surface area contributed by atoms with E-state index in [2.05, 4.69) is 16.6 Å². The van der Waals surface area contributed by atoms with Crippen LogP contribution in [-0.4, -0.2) is 9.74 Å². The summed E-state index contributed by atoms with van der Waals surface area (Å²) >= 11 is 6.15. The fourth-order valence-corrected chi connectivity index (χ4v) is 1.25. The van der Waals surface area contributed by atoms with Gasteiger partial charge in [-0.2, -0.15) is 0 Å². The Morgan fingerprint density at radius 1 is 1.88 bits per heavy atom. The van der Waals surface area contributed by atoms with Crippen molar-refractivity contribution < 1.29 is 0 Å². The molecular formula is C5H5NS2. The van der Waals surface area contributed by atoms with Crippen LogP contribution in [0.2, 0.25) is 0 Å². The fourth-order valence-electron chi connectivity index (χ4n) is 0.430. The first-order valence-electron chi connectivity index (χ1n) is 2.26. The molecule has 0 N–H and O–H groups in total. The molecule has 0 atom stereocenters. The minimum Gasteiger partial charge on any atom is -0.201 e. The van der Waals surface area contributed by atoms with Crippen LogP contribution in [0.3, 0.4) is 0 Å². The molecule has 0 saturated carbocycles. The highest BCUT2D eigenvalue weighted by Crippen LogP contribution is 2.02. The van der Waals surface area contributed by atoms with Crippen molar-refractivity contribution in [3.63, 3.8) is 0 Å². The largest absolute Gasteiger partial charge is 0.201 e. The molecular weight excluding hydrogens is 138 g/mol. The van der Waals surface area contributed by atoms with Gasteiger partial charge in [-0.15, -0.1) is 0 Å². The van der Waals surface area contributed by atoms with Crippen LogP contribution in [0, 0.1) is 0 Å². The normalized spacial score (nSPS) is 9.00. The second kappa shape index (κ2) is 2.89. The van der Waals surface area contributed by atoms with Crippen molar-refractivity contribution in [3.8, 4) is 0 Å². The Bertz CT molecular complexity index is 157. The van der Waals surface area contributed by atoms with Crippen molar-refractivity contribution in [1.82, 2.24) is 4.37 Å². The molecule has 0 aliphatic carbocycles. The molecule has 1 heterocycles. The molecule has 1 nitrogen and oxygen atoms in total. The Balaban J connectivity index is 2.62. The topological polar surface area (TPSA) is 12.9 Å². The molecule has 8 heavy (non-hydrogen) atoms. The molecule has 0 spiro atoms. The summed E-state index contributed by atoms with van der Waals surface area (Å²) in [5, 5.41) is 1.72. The third-order valence-electron chi connectivity index (χ3n) is 0.776. The first-order valence-corrected chi connectivity index (χ1v) is 3.51. The monoisotopic (exact) mass is 143 g/mol. The van der Waals surface area contributed by atoms with Crippen LogP contribution < -0.4 is 0 Å². The molecule has 0 aliphatic heterocycles. The first-order chi connectivity index (χ1) is 3.93. The van der Waals surface area contributed by atoms with E-state index in [1.54, 1.807) is 11.6 Å². The Labute approximate surface area is 57.5 Å². The van der Waals surface area contributed by atoms with Gasteiger partial charge in [-0.3, -0.25) is 0 Å². The average molecular weight is 143 g/mol. The van der Waals surface area contributed by atoms with E-state index in [0.29, 0.717) is 0 Å². The third-order valence-corrected chi connectivity index (χ3v) is 1.71. The number of aromatic nitrogens is 1. The zero-order valence-electron chi connectivity index (χ0n) is 4.20. The Kier molecular flexibility index (Phi) is 2.11. The summed E-state index contributed by atoms with van der Waals surface area (Å²) in [7, 11) is 0. The standard InChI is InChI=1S/C5H5NS2/c7-4-2-5-1-3-6-8-5/h1,3-4H,2H2. The van der Waals surface area contributed by atoms with Crippen LogP contribution in [0.25, 0.3) is 0 Å². The molecule has 0 radical (unpaired) electrons. The van der Waals surface area contributed by atoms with E-state index >= 15 is 0 Å². The number of thiocarbonyl (C=S) groups is 1. The summed E-state index contributed by atoms with van der Waals surface area (Å²) in [6.07, 6.45) is 2.67. The van der Waals surface area contributed by atoms with Gasteiger partial charge in [-0.05, 0) is 23.0 Å². The van der Waals surface area contributed by atoms with E-state index in [1.165, 1.54) is 16.4 Å². The van der Waals surface area contributed by atoms with Crippen LogP contribution in [0.15, 0.2) is 12.3 Å². The van der Waals surface area contributed by atoms with Crippen molar-refractivity contribution in [1.29, 1.82) is 0 Å². The Hall–Kier alpha value is -0.280. The second-order valence-electron chi connectivity index (χ2n) is 1.35. The smallest absolute Gasteiger partial charge is 0.0409 e. The zero-order valence-corrected chi connectivity index (χ0v) is 5.84. The van der Waals surface area contributed by atoms with E-state index in [9.17, 15) is 0 Å². The minimum atomic E-state index is 0.875. The molecule has 0 amide bonds. The van der Waals surface area contributed by atoms with E-state index in [1.807, 2.05) is 6.07 Å². The molecule has 3 heteroatoms. The minimum absolute atomic E-state index is 0.875. The lowest BCUT2D eigenvalue weighted by Gasteiger charge is -1.78. The van der Waals surface area contributed by atoms with Gasteiger partial charge in [-0.25, -0.2) is 4.37 Å². The summed E-state index contributed by atoms with van der Waals surface area (Å²) in [5.74, 6) is 0. The first kappa shape index (κ1) is 5.85. The predicted octanol–water partition coefficient (Wildman–Crippen LogP) is 1.69. The summed E-state index contributed by atoms with van der Waals surface area (Å²) in [5.41, 5.74) is 0. The summed E-state index contributed by atoms with van der Waals surface area (Å²) in [6, 6.07) is 1.98. The molecule has 0 saturated heterocycles. The van der Waals surface area contributed by atoms with Gasteiger partial charge in [0.1, 0.15) is 0 Å². The Morgan fingerprint density at radius 2 is 2.75 bits per heavy atom. The summed E-state index contributed by atoms with van der Waals surface area (Å²) in [6.45, 7) is 0. The van der Waals surface area contributed by atoms with E-state index in [-0.39, 0.29) is 0 Å². The highest BCUT2D eigenvalue weighted by atomic mass is 32.1. The van der Waals surface area contributed by atoms with E-state index in [4.69, 9.17) is 0 Å². The lowest BCUT2D eigenvalue weighted by Crippen LogP contribution is -1.73. The summed E-state index contributed by atoms with van der Waals surface area (Å²) in [4.78, 5) is 1.24. The second-order valence-corrected chi connectivity index (χ2v) is 2.60. The molecule has 1 aromatic heterocycles. The van der Waals surface area contributed by atoms with Gasteiger partial charge >= 0.3 is 0 Å². The van der Waals surface area contributed by atoms with Crippen LogP contribution in [0.5, 0.6) is 0 Å². The number of nitrogens with zero attached hydrogens (tertiary/aromatic N) is 1. The van der Waals surface area contributed by atoms with E-state index in [0.717, 1.165) is 6.42 Å². The zero-order chi connectivity index (χ0) is 5.82. The van der Waals surface area contributed by atoms with Crippen molar-refractivity contribution in [2.24, 2.45) is 0 Å². The molecule has 0 aromatic carbocycles. The molecule has 1 aromatic rings. The maximum Gasteiger partial charge on any atom is 0.0409 e. The molecule has 0 aliphatic rings. The maximum atomic E-state index is 4.65. The third kappa shape index (κ3) is 1.35. The lowest BCUT2D eigenvalue weighted by atomic mass is 10.4. The van der Waals surface area contributed by atoms with Crippen molar-refractivity contribution in [3.05, 3.63) is 17.1 Å². The summed E-state index contributed by atoms with van der Waals surface area (Å²) < 4.78 is 3.92. The molecule has 0 fully saturated rings. The average Bonchev–Trinajstić information content (AvgIpc) is 2.19. The number of rotatable bonds is 2. The van der Waals surface area contributed by atoms with Gasteiger partial charge in [0.15, 0.2) is 0 Å². The van der Waals surface area contributed by atoms with Gasteiger partial charge in [0, 0.05) is 17.5 Å². The van der Waals surface area contributed by atoms with Crippen molar-refractivity contribution >= 4 is 29.1 Å². The number of hydrogen-bond donors (Lipinski definition) is 0. The lowest BCUT2D eigenvalue weighted by molar-refractivity contribution is 1.49. The molecule has 0 bridgehead atoms. The fraction of sp³-hybridized carbons (Fsp3) is 0.200. The van der Waals surface area contributed by atoms with Crippen LogP contribution >= 0.6 is 23.8 Å². The molecule has 1 rings (SSSR count). The van der Waals surface area contributed by atoms with Crippen molar-refractivity contribution in [2.75, 3.05) is 0 Å². The Morgan fingerprint density at radius 3 is 3.25 bits per heavy atom. The van der Waals surface area contributed by atoms with E-state index < -0.39 is 0 Å². The van der Waals surface area contributed by atoms with Gasteiger partial charge in [0.2, 0.25) is 0 Å². The van der Waals surface area contributed by atoms with Gasteiger partial charge in [0.25, 0.3) is 0 Å². The van der Waals surface area contributed by atoms with Crippen LogP contribution in [0.4, 0.5) is 0 Å². The number of hydrogen-bond acceptors (Lipinski definition) is 3. The quantitative estimate of drug-likeness (QED) is 0.584. The van der Waals surface area contributed by atoms with Crippen LogP contribution in [-0.2, 0) is 6.42 Å². The maximum absolute atomic E-state index is 4.65. The van der Waals surface area contributed by atoms with Gasteiger partial charge in [0.05, 0.1) is 0 Å².